The molecule has 1 saturated heterocycles. The fourth-order valence-corrected chi connectivity index (χ4v) is 5.17. The van der Waals surface area contributed by atoms with Gasteiger partial charge in [-0.15, -0.1) is 0 Å². The Hall–Kier alpha value is -2.43. The maximum absolute atomic E-state index is 13.0. The molecular formula is C20H19NO4. The van der Waals surface area contributed by atoms with Crippen LogP contribution in [0.2, 0.25) is 0 Å². The van der Waals surface area contributed by atoms with E-state index in [1.54, 1.807) is 31.2 Å². The molecule has 128 valence electrons. The van der Waals surface area contributed by atoms with Crippen LogP contribution < -0.4 is 4.90 Å². The van der Waals surface area contributed by atoms with Crippen molar-refractivity contribution in [3.05, 3.63) is 42.0 Å². The van der Waals surface area contributed by atoms with Crippen LogP contribution in [-0.4, -0.2) is 24.4 Å². The maximum Gasteiger partial charge on any atom is 0.338 e. The number of benzene rings is 1. The highest BCUT2D eigenvalue weighted by molar-refractivity contribution is 6.22. The molecule has 5 aliphatic rings. The Morgan fingerprint density at radius 2 is 1.60 bits per heavy atom. The number of carbonyl (C=O) groups is 3. The van der Waals surface area contributed by atoms with E-state index >= 15 is 0 Å². The molecule has 4 aliphatic carbocycles. The molecule has 2 amide bonds. The van der Waals surface area contributed by atoms with Gasteiger partial charge in [0.2, 0.25) is 11.8 Å². The lowest BCUT2D eigenvalue weighted by atomic mass is 9.63. The van der Waals surface area contributed by atoms with E-state index < -0.39 is 5.97 Å². The number of ether oxygens (including phenoxy) is 1. The summed E-state index contributed by atoms with van der Waals surface area (Å²) in [7, 11) is 0. The number of hydrogen-bond acceptors (Lipinski definition) is 4. The van der Waals surface area contributed by atoms with E-state index in [-0.39, 0.29) is 35.5 Å². The van der Waals surface area contributed by atoms with Crippen LogP contribution >= 0.6 is 0 Å². The normalized spacial score (nSPS) is 37.1. The second-order valence-corrected chi connectivity index (χ2v) is 7.43. The SMILES string of the molecule is CCOC(=O)c1ccc(N2C(=O)[C@@H]3[C@@H]4C=C[C@H]([C@H]5C[C@H]45)[C@H]3C2=O)cc1. The first-order valence-electron chi connectivity index (χ1n) is 8.95. The van der Waals surface area contributed by atoms with Crippen molar-refractivity contribution in [3.8, 4) is 0 Å². The number of amides is 2. The van der Waals surface area contributed by atoms with Crippen LogP contribution in [0, 0.1) is 35.5 Å². The Labute approximate surface area is 145 Å². The smallest absolute Gasteiger partial charge is 0.338 e. The first-order chi connectivity index (χ1) is 12.1. The number of hydrogen-bond donors (Lipinski definition) is 0. The summed E-state index contributed by atoms with van der Waals surface area (Å²) in [5.74, 6) is 0.682. The third-order valence-electron chi connectivity index (χ3n) is 6.30. The predicted molar refractivity (Wildman–Crippen MR) is 89.6 cm³/mol. The number of carbonyl (C=O) groups excluding carboxylic acids is 3. The van der Waals surface area contributed by atoms with Gasteiger partial charge in [0.15, 0.2) is 0 Å². The van der Waals surface area contributed by atoms with Crippen molar-refractivity contribution < 1.29 is 19.1 Å². The maximum atomic E-state index is 13.0. The lowest BCUT2D eigenvalue weighted by molar-refractivity contribution is -0.124. The molecule has 25 heavy (non-hydrogen) atoms. The van der Waals surface area contributed by atoms with Crippen molar-refractivity contribution in [3.63, 3.8) is 0 Å². The van der Waals surface area contributed by atoms with Gasteiger partial charge in [-0.3, -0.25) is 14.5 Å². The number of rotatable bonds is 3. The Bertz CT molecular complexity index is 775. The average molecular weight is 337 g/mol. The lowest BCUT2D eigenvalue weighted by Gasteiger charge is -2.37. The molecule has 2 saturated carbocycles. The second-order valence-electron chi connectivity index (χ2n) is 7.43. The van der Waals surface area contributed by atoms with E-state index in [1.807, 2.05) is 0 Å². The van der Waals surface area contributed by atoms with Crippen LogP contribution in [0.15, 0.2) is 36.4 Å². The third kappa shape index (κ3) is 1.92. The van der Waals surface area contributed by atoms with E-state index in [0.717, 1.165) is 6.42 Å². The Morgan fingerprint density at radius 1 is 1.04 bits per heavy atom. The number of allylic oxidation sites excluding steroid dienone is 2. The molecule has 3 fully saturated rings. The molecule has 5 nitrogen and oxygen atoms in total. The molecular weight excluding hydrogens is 318 g/mol. The summed E-state index contributed by atoms with van der Waals surface area (Å²) in [5, 5.41) is 0. The van der Waals surface area contributed by atoms with E-state index in [0.29, 0.717) is 29.7 Å². The van der Waals surface area contributed by atoms with Crippen molar-refractivity contribution in [2.24, 2.45) is 35.5 Å². The van der Waals surface area contributed by atoms with E-state index in [1.165, 1.54) is 4.90 Å². The highest BCUT2D eigenvalue weighted by Gasteiger charge is 2.67. The molecule has 5 heteroatoms. The molecule has 0 unspecified atom stereocenters. The van der Waals surface area contributed by atoms with Crippen LogP contribution in [-0.2, 0) is 14.3 Å². The molecule has 1 heterocycles. The molecule has 0 N–H and O–H groups in total. The van der Waals surface area contributed by atoms with Gasteiger partial charge in [0.1, 0.15) is 0 Å². The fourth-order valence-electron chi connectivity index (χ4n) is 5.17. The van der Waals surface area contributed by atoms with Crippen molar-refractivity contribution in [2.45, 2.75) is 13.3 Å². The summed E-state index contributed by atoms with van der Waals surface area (Å²) in [6.07, 6.45) is 5.49. The van der Waals surface area contributed by atoms with E-state index in [2.05, 4.69) is 12.2 Å². The van der Waals surface area contributed by atoms with Gasteiger partial charge in [-0.2, -0.15) is 0 Å². The topological polar surface area (TPSA) is 63.7 Å². The van der Waals surface area contributed by atoms with Gasteiger partial charge in [0, 0.05) is 0 Å². The van der Waals surface area contributed by atoms with Crippen LogP contribution in [0.5, 0.6) is 0 Å². The molecule has 1 aromatic carbocycles. The Morgan fingerprint density at radius 3 is 2.12 bits per heavy atom. The highest BCUT2D eigenvalue weighted by Crippen LogP contribution is 2.65. The van der Waals surface area contributed by atoms with Gasteiger partial charge in [0.25, 0.3) is 0 Å². The molecule has 1 aromatic rings. The summed E-state index contributed by atoms with van der Waals surface area (Å²) in [6, 6.07) is 6.55. The standard InChI is InChI=1S/C20H19NO4/c1-2-25-20(24)10-3-5-11(6-4-10)21-18(22)16-12-7-8-13(15-9-14(12)15)17(16)19(21)23/h3-8,12-17H,2,9H2,1H3/t12-,13-,14-,15-,16-,17-/m1/s1. The minimum absolute atomic E-state index is 0.0800. The molecule has 0 radical (unpaired) electrons. The zero-order valence-corrected chi connectivity index (χ0v) is 13.9. The van der Waals surface area contributed by atoms with Gasteiger partial charge in [-0.25, -0.2) is 4.79 Å². The zero-order valence-electron chi connectivity index (χ0n) is 13.9. The summed E-state index contributed by atoms with van der Waals surface area (Å²) < 4.78 is 4.97. The fraction of sp³-hybridized carbons (Fsp3) is 0.450. The van der Waals surface area contributed by atoms with Gasteiger partial charge >= 0.3 is 5.97 Å². The van der Waals surface area contributed by atoms with Gasteiger partial charge in [-0.1, -0.05) is 12.2 Å². The molecule has 6 atom stereocenters. The Balaban J connectivity index is 1.45. The van der Waals surface area contributed by atoms with Crippen LogP contribution in [0.3, 0.4) is 0 Å². The summed E-state index contributed by atoms with van der Waals surface area (Å²) in [4.78, 5) is 39.1. The predicted octanol–water partition coefficient (Wildman–Crippen LogP) is 2.42. The molecule has 1 aliphatic heterocycles. The number of anilines is 1. The van der Waals surface area contributed by atoms with E-state index in [4.69, 9.17) is 4.74 Å². The van der Waals surface area contributed by atoms with Crippen molar-refractivity contribution in [1.29, 1.82) is 0 Å². The number of esters is 1. The zero-order chi connectivity index (χ0) is 17.3. The number of imide groups is 1. The van der Waals surface area contributed by atoms with Crippen LogP contribution in [0.25, 0.3) is 0 Å². The highest BCUT2D eigenvalue weighted by atomic mass is 16.5. The monoisotopic (exact) mass is 337 g/mol. The number of nitrogens with zero attached hydrogens (tertiary/aromatic N) is 1. The van der Waals surface area contributed by atoms with Crippen molar-refractivity contribution in [1.82, 2.24) is 0 Å². The quantitative estimate of drug-likeness (QED) is 0.483. The lowest BCUT2D eigenvalue weighted by Crippen LogP contribution is -2.40. The molecule has 0 aromatic heterocycles. The Kier molecular flexibility index (Phi) is 3.00. The second kappa shape index (κ2) is 5.04. The van der Waals surface area contributed by atoms with Crippen molar-refractivity contribution in [2.75, 3.05) is 11.5 Å². The first kappa shape index (κ1) is 14.9. The largest absolute Gasteiger partial charge is 0.462 e. The van der Waals surface area contributed by atoms with Crippen LogP contribution in [0.4, 0.5) is 5.69 Å². The first-order valence-corrected chi connectivity index (χ1v) is 8.95. The van der Waals surface area contributed by atoms with Crippen LogP contribution in [0.1, 0.15) is 23.7 Å². The minimum atomic E-state index is -0.399. The van der Waals surface area contributed by atoms with Gasteiger partial charge < -0.3 is 4.74 Å². The average Bonchev–Trinajstić information content (AvgIpc) is 3.40. The van der Waals surface area contributed by atoms with E-state index in [9.17, 15) is 14.4 Å². The molecule has 6 rings (SSSR count). The van der Waals surface area contributed by atoms with Crippen molar-refractivity contribution >= 4 is 23.5 Å². The van der Waals surface area contributed by atoms with Gasteiger partial charge in [-0.05, 0) is 61.3 Å². The minimum Gasteiger partial charge on any atom is -0.462 e. The summed E-state index contributed by atoms with van der Waals surface area (Å²) in [6.45, 7) is 2.06. The summed E-state index contributed by atoms with van der Waals surface area (Å²) in [5.41, 5.74) is 0.968. The molecule has 2 bridgehead atoms. The summed E-state index contributed by atoms with van der Waals surface area (Å²) >= 11 is 0. The third-order valence-corrected chi connectivity index (χ3v) is 6.30. The molecule has 0 spiro atoms. The van der Waals surface area contributed by atoms with Gasteiger partial charge in [0.05, 0.1) is 29.7 Å².